The van der Waals surface area contributed by atoms with Crippen LogP contribution in [-0.2, 0) is 14.8 Å². The molecule has 2 aromatic carbocycles. The quantitative estimate of drug-likeness (QED) is 0.673. The monoisotopic (exact) mass is 418 g/mol. The Morgan fingerprint density at radius 3 is 2.48 bits per heavy atom. The molecule has 0 aliphatic rings. The summed E-state index contributed by atoms with van der Waals surface area (Å²) in [5.41, 5.74) is 3.51. The summed E-state index contributed by atoms with van der Waals surface area (Å²) < 4.78 is 31.4. The highest BCUT2D eigenvalue weighted by atomic mass is 32.2. The van der Waals surface area contributed by atoms with Crippen LogP contribution in [0.2, 0.25) is 0 Å². The summed E-state index contributed by atoms with van der Waals surface area (Å²) in [6.45, 7) is 6.00. The zero-order chi connectivity index (χ0) is 21.6. The molecule has 158 valence electrons. The van der Waals surface area contributed by atoms with Crippen LogP contribution in [0, 0.1) is 13.8 Å². The largest absolute Gasteiger partial charge is 0.496 e. The number of amides is 1. The molecule has 0 saturated heterocycles. The van der Waals surface area contributed by atoms with Gasteiger partial charge in [-0.05, 0) is 50.5 Å². The second kappa shape index (κ2) is 9.78. The third kappa shape index (κ3) is 5.97. The predicted octanol–water partition coefficient (Wildman–Crippen LogP) is 3.74. The molecule has 0 spiro atoms. The van der Waals surface area contributed by atoms with Crippen LogP contribution in [0.1, 0.15) is 42.5 Å². The molecule has 1 amide bonds. The van der Waals surface area contributed by atoms with Gasteiger partial charge in [-0.25, -0.2) is 8.42 Å². The van der Waals surface area contributed by atoms with E-state index in [1.54, 1.807) is 13.2 Å². The first-order valence-electron chi connectivity index (χ1n) is 9.61. The molecule has 2 aromatic rings. The first kappa shape index (κ1) is 22.7. The number of para-hydroxylation sites is 1. The highest BCUT2D eigenvalue weighted by Gasteiger charge is 2.20. The number of methoxy groups -OCH3 is 1. The van der Waals surface area contributed by atoms with Crippen molar-refractivity contribution in [2.24, 2.45) is 0 Å². The van der Waals surface area contributed by atoms with E-state index in [4.69, 9.17) is 4.74 Å². The van der Waals surface area contributed by atoms with E-state index < -0.39 is 10.0 Å². The van der Waals surface area contributed by atoms with Crippen molar-refractivity contribution in [2.45, 2.75) is 39.7 Å². The summed E-state index contributed by atoms with van der Waals surface area (Å²) in [5.74, 6) is 0.594. The maximum Gasteiger partial charge on any atom is 0.232 e. The van der Waals surface area contributed by atoms with Gasteiger partial charge in [0, 0.05) is 18.5 Å². The van der Waals surface area contributed by atoms with Crippen LogP contribution < -0.4 is 14.4 Å². The second-order valence-electron chi connectivity index (χ2n) is 7.19. The van der Waals surface area contributed by atoms with E-state index in [2.05, 4.69) is 5.32 Å². The smallest absolute Gasteiger partial charge is 0.232 e. The van der Waals surface area contributed by atoms with Gasteiger partial charge in [0.15, 0.2) is 0 Å². The Hall–Kier alpha value is -2.54. The molecule has 0 heterocycles. The van der Waals surface area contributed by atoms with Crippen LogP contribution in [0.4, 0.5) is 5.69 Å². The number of nitrogens with zero attached hydrogens (tertiary/aromatic N) is 1. The minimum absolute atomic E-state index is 0.127. The number of hydrogen-bond acceptors (Lipinski definition) is 4. The molecular weight excluding hydrogens is 388 g/mol. The number of carbonyl (C=O) groups excluding carboxylic acids is 1. The van der Waals surface area contributed by atoms with Gasteiger partial charge in [0.05, 0.1) is 25.1 Å². The van der Waals surface area contributed by atoms with Gasteiger partial charge in [-0.1, -0.05) is 30.3 Å². The van der Waals surface area contributed by atoms with Crippen LogP contribution in [0.15, 0.2) is 42.5 Å². The summed E-state index contributed by atoms with van der Waals surface area (Å²) >= 11 is 0. The number of nitrogens with one attached hydrogen (secondary N) is 1. The molecule has 0 aliphatic heterocycles. The second-order valence-corrected chi connectivity index (χ2v) is 9.10. The lowest BCUT2D eigenvalue weighted by atomic mass is 10.1. The van der Waals surface area contributed by atoms with Crippen molar-refractivity contribution in [1.29, 1.82) is 0 Å². The lowest BCUT2D eigenvalue weighted by Crippen LogP contribution is -2.33. The molecule has 29 heavy (non-hydrogen) atoms. The molecule has 1 N–H and O–H groups in total. The zero-order valence-corrected chi connectivity index (χ0v) is 18.5. The molecule has 0 saturated carbocycles. The maximum atomic E-state index is 12.4. The van der Waals surface area contributed by atoms with Crippen molar-refractivity contribution in [2.75, 3.05) is 24.2 Å². The molecule has 2 rings (SSSR count). The first-order chi connectivity index (χ1) is 13.6. The van der Waals surface area contributed by atoms with Gasteiger partial charge in [-0.3, -0.25) is 9.10 Å². The van der Waals surface area contributed by atoms with Crippen molar-refractivity contribution in [1.82, 2.24) is 5.32 Å². The predicted molar refractivity (Wildman–Crippen MR) is 117 cm³/mol. The van der Waals surface area contributed by atoms with Gasteiger partial charge in [-0.15, -0.1) is 0 Å². The van der Waals surface area contributed by atoms with Crippen molar-refractivity contribution in [3.8, 4) is 5.75 Å². The Balaban J connectivity index is 2.01. The number of carbonyl (C=O) groups is 1. The molecule has 0 aromatic heterocycles. The molecule has 0 bridgehead atoms. The summed E-state index contributed by atoms with van der Waals surface area (Å²) in [6.07, 6.45) is 1.85. The van der Waals surface area contributed by atoms with Gasteiger partial charge >= 0.3 is 0 Å². The Morgan fingerprint density at radius 2 is 1.83 bits per heavy atom. The third-order valence-corrected chi connectivity index (χ3v) is 6.17. The highest BCUT2D eigenvalue weighted by Crippen LogP contribution is 2.26. The molecule has 0 fully saturated rings. The minimum Gasteiger partial charge on any atom is -0.496 e. The standard InChI is InChI=1S/C22H30N2O4S/c1-16-10-8-12-20(17(16)2)24(29(5,26)27)15-9-14-22(25)23-18(3)19-11-6-7-13-21(19)28-4/h6-8,10-13,18H,9,14-15H2,1-5H3,(H,23,25)/t18-/m1/s1. The van der Waals surface area contributed by atoms with E-state index in [1.165, 1.54) is 10.6 Å². The van der Waals surface area contributed by atoms with Gasteiger partial charge in [0.25, 0.3) is 0 Å². The molecule has 6 nitrogen and oxygen atoms in total. The van der Waals surface area contributed by atoms with Crippen LogP contribution in [-0.4, -0.2) is 34.2 Å². The number of rotatable bonds is 9. The van der Waals surface area contributed by atoms with Gasteiger partial charge < -0.3 is 10.1 Å². The van der Waals surface area contributed by atoms with Crippen molar-refractivity contribution in [3.05, 3.63) is 59.2 Å². The molecule has 1 atom stereocenters. The molecule has 7 heteroatoms. The highest BCUT2D eigenvalue weighted by molar-refractivity contribution is 7.92. The lowest BCUT2D eigenvalue weighted by molar-refractivity contribution is -0.121. The van der Waals surface area contributed by atoms with Crippen LogP contribution in [0.3, 0.4) is 0 Å². The number of hydrogen-bond donors (Lipinski definition) is 1. The van der Waals surface area contributed by atoms with Crippen molar-refractivity contribution in [3.63, 3.8) is 0 Å². The minimum atomic E-state index is -3.45. The number of anilines is 1. The number of aryl methyl sites for hydroxylation is 1. The number of ether oxygens (including phenoxy) is 1. The molecular formula is C22H30N2O4S. The SMILES string of the molecule is COc1ccccc1[C@@H](C)NC(=O)CCCN(c1cccc(C)c1C)S(C)(=O)=O. The summed E-state index contributed by atoms with van der Waals surface area (Å²) in [6, 6.07) is 12.9. The van der Waals surface area contributed by atoms with Gasteiger partial charge in [-0.2, -0.15) is 0 Å². The topological polar surface area (TPSA) is 75.7 Å². The molecule has 0 radical (unpaired) electrons. The fraction of sp³-hybridized carbons (Fsp3) is 0.409. The number of benzene rings is 2. The van der Waals surface area contributed by atoms with Gasteiger partial charge in [0.1, 0.15) is 5.75 Å². The van der Waals surface area contributed by atoms with E-state index in [1.807, 2.05) is 57.2 Å². The molecule has 0 aliphatic carbocycles. The lowest BCUT2D eigenvalue weighted by Gasteiger charge is -2.25. The fourth-order valence-corrected chi connectivity index (χ4v) is 4.29. The van der Waals surface area contributed by atoms with Gasteiger partial charge in [0.2, 0.25) is 15.9 Å². The van der Waals surface area contributed by atoms with E-state index in [0.29, 0.717) is 12.1 Å². The van der Waals surface area contributed by atoms with E-state index in [0.717, 1.165) is 22.4 Å². The van der Waals surface area contributed by atoms with Crippen LogP contribution in [0.5, 0.6) is 5.75 Å². The normalized spacial score (nSPS) is 12.3. The first-order valence-corrected chi connectivity index (χ1v) is 11.5. The molecule has 0 unspecified atom stereocenters. The zero-order valence-electron chi connectivity index (χ0n) is 17.7. The Kier molecular flexibility index (Phi) is 7.67. The Bertz CT molecular complexity index is 957. The summed E-state index contributed by atoms with van der Waals surface area (Å²) in [4.78, 5) is 12.4. The fourth-order valence-electron chi connectivity index (χ4n) is 3.27. The average Bonchev–Trinajstić information content (AvgIpc) is 2.66. The number of sulfonamides is 1. The van der Waals surface area contributed by atoms with E-state index in [-0.39, 0.29) is 24.9 Å². The average molecular weight is 419 g/mol. The van der Waals surface area contributed by atoms with Crippen LogP contribution >= 0.6 is 0 Å². The van der Waals surface area contributed by atoms with E-state index in [9.17, 15) is 13.2 Å². The third-order valence-electron chi connectivity index (χ3n) is 4.99. The Labute approximate surface area is 173 Å². The van der Waals surface area contributed by atoms with Crippen molar-refractivity contribution < 1.29 is 17.9 Å². The van der Waals surface area contributed by atoms with Crippen molar-refractivity contribution >= 4 is 21.6 Å². The maximum absolute atomic E-state index is 12.4. The summed E-state index contributed by atoms with van der Waals surface area (Å²) in [5, 5.41) is 2.96. The van der Waals surface area contributed by atoms with Crippen LogP contribution in [0.25, 0.3) is 0 Å². The summed E-state index contributed by atoms with van der Waals surface area (Å²) in [7, 11) is -1.85. The Morgan fingerprint density at radius 1 is 1.14 bits per heavy atom. The van der Waals surface area contributed by atoms with E-state index >= 15 is 0 Å².